The van der Waals surface area contributed by atoms with Crippen molar-refractivity contribution in [3.05, 3.63) is 34.1 Å². The maximum atomic E-state index is 12.8. The van der Waals surface area contributed by atoms with Gasteiger partial charge < -0.3 is 5.73 Å². The van der Waals surface area contributed by atoms with Crippen LogP contribution in [0.3, 0.4) is 0 Å². The van der Waals surface area contributed by atoms with E-state index in [9.17, 15) is 4.39 Å². The Morgan fingerprint density at radius 1 is 1.38 bits per heavy atom. The molecule has 0 saturated carbocycles. The van der Waals surface area contributed by atoms with Crippen molar-refractivity contribution in [2.75, 3.05) is 0 Å². The molecule has 0 heterocycles. The van der Waals surface area contributed by atoms with Gasteiger partial charge in [-0.1, -0.05) is 25.4 Å². The minimum Gasteiger partial charge on any atom is -0.326 e. The second kappa shape index (κ2) is 5.95. The van der Waals surface area contributed by atoms with Gasteiger partial charge in [-0.05, 0) is 30.2 Å². The van der Waals surface area contributed by atoms with Crippen LogP contribution in [0.5, 0.6) is 0 Å². The van der Waals surface area contributed by atoms with Crippen LogP contribution in [-0.4, -0.2) is 0 Å². The summed E-state index contributed by atoms with van der Waals surface area (Å²) in [4.78, 5) is 0. The number of benzene rings is 1. The molecule has 0 aliphatic rings. The number of rotatable bonds is 1. The predicted molar refractivity (Wildman–Crippen MR) is 55.4 cm³/mol. The highest BCUT2D eigenvalue weighted by atomic mass is 35.5. The molecule has 0 radical (unpaired) electrons. The lowest BCUT2D eigenvalue weighted by molar-refractivity contribution is 0.616. The Hall–Kier alpha value is -0.600. The third kappa shape index (κ3) is 3.33. The maximum absolute atomic E-state index is 12.8. The zero-order chi connectivity index (χ0) is 10.4. The summed E-state index contributed by atoms with van der Waals surface area (Å²) in [6.07, 6.45) is 0. The zero-order valence-electron chi connectivity index (χ0n) is 8.20. The zero-order valence-corrected chi connectivity index (χ0v) is 8.95. The summed E-state index contributed by atoms with van der Waals surface area (Å²) in [6.45, 7) is 5.94. The average Bonchev–Trinajstić information content (AvgIpc) is 2.15. The highest BCUT2D eigenvalue weighted by Crippen LogP contribution is 2.19. The summed E-state index contributed by atoms with van der Waals surface area (Å²) >= 11 is 5.75. The Balaban J connectivity index is 0.000000671. The van der Waals surface area contributed by atoms with Crippen LogP contribution >= 0.6 is 11.6 Å². The van der Waals surface area contributed by atoms with Crippen LogP contribution in [0, 0.1) is 12.7 Å². The van der Waals surface area contributed by atoms with Gasteiger partial charge in [0.05, 0.1) is 0 Å². The van der Waals surface area contributed by atoms with E-state index in [2.05, 4.69) is 0 Å². The van der Waals surface area contributed by atoms with E-state index in [4.69, 9.17) is 17.3 Å². The van der Waals surface area contributed by atoms with Crippen molar-refractivity contribution in [3.63, 3.8) is 0 Å². The van der Waals surface area contributed by atoms with Gasteiger partial charge in [0.25, 0.3) is 0 Å². The molecule has 0 aromatic heterocycles. The Bertz CT molecular complexity index is 274. The van der Waals surface area contributed by atoms with Crippen molar-refractivity contribution in [3.8, 4) is 0 Å². The second-order valence-corrected chi connectivity index (χ2v) is 2.80. The number of halogens is 2. The Labute approximate surface area is 83.7 Å². The van der Waals surface area contributed by atoms with Crippen LogP contribution in [0.4, 0.5) is 4.39 Å². The van der Waals surface area contributed by atoms with Gasteiger partial charge in [0, 0.05) is 11.6 Å². The van der Waals surface area contributed by atoms with Gasteiger partial charge in [-0.15, -0.1) is 0 Å². The maximum Gasteiger partial charge on any atom is 0.126 e. The van der Waals surface area contributed by atoms with E-state index in [0.717, 1.165) is 0 Å². The van der Waals surface area contributed by atoms with Crippen LogP contribution in [-0.2, 0) is 6.54 Å². The summed E-state index contributed by atoms with van der Waals surface area (Å²) in [6, 6.07) is 2.96. The summed E-state index contributed by atoms with van der Waals surface area (Å²) < 4.78 is 12.8. The Morgan fingerprint density at radius 2 is 1.92 bits per heavy atom. The van der Waals surface area contributed by atoms with Crippen molar-refractivity contribution in [1.29, 1.82) is 0 Å². The van der Waals surface area contributed by atoms with E-state index in [-0.39, 0.29) is 12.4 Å². The van der Waals surface area contributed by atoms with Gasteiger partial charge in [0.2, 0.25) is 0 Å². The quantitative estimate of drug-likeness (QED) is 0.745. The molecule has 0 amide bonds. The summed E-state index contributed by atoms with van der Waals surface area (Å²) in [5.41, 5.74) is 6.51. The number of aryl methyl sites for hydroxylation is 1. The van der Waals surface area contributed by atoms with E-state index in [0.29, 0.717) is 16.1 Å². The molecular weight excluding hydrogens is 189 g/mol. The molecular formula is C10H15ClFN. The molecule has 0 unspecified atom stereocenters. The molecule has 3 heteroatoms. The molecule has 0 aliphatic heterocycles. The molecule has 74 valence electrons. The average molecular weight is 204 g/mol. The summed E-state index contributed by atoms with van der Waals surface area (Å²) in [7, 11) is 0. The van der Waals surface area contributed by atoms with Gasteiger partial charge in [0.15, 0.2) is 0 Å². The van der Waals surface area contributed by atoms with E-state index in [1.54, 1.807) is 13.0 Å². The molecule has 0 atom stereocenters. The topological polar surface area (TPSA) is 26.0 Å². The lowest BCUT2D eigenvalue weighted by Gasteiger charge is -2.02. The normalized spacial score (nSPS) is 9.08. The van der Waals surface area contributed by atoms with Crippen molar-refractivity contribution < 1.29 is 4.39 Å². The van der Waals surface area contributed by atoms with Gasteiger partial charge in [0.1, 0.15) is 5.82 Å². The SMILES string of the molecule is CC.Cc1cc(Cl)c(CN)cc1F. The first-order chi connectivity index (χ1) is 6.15. The first-order valence-corrected chi connectivity index (χ1v) is 4.67. The molecule has 0 spiro atoms. The van der Waals surface area contributed by atoms with Crippen molar-refractivity contribution in [2.24, 2.45) is 5.73 Å². The lowest BCUT2D eigenvalue weighted by Crippen LogP contribution is -1.98. The first kappa shape index (κ1) is 12.4. The van der Waals surface area contributed by atoms with Gasteiger partial charge in [-0.2, -0.15) is 0 Å². The summed E-state index contributed by atoms with van der Waals surface area (Å²) in [5.74, 6) is -0.255. The third-order valence-electron chi connectivity index (χ3n) is 1.55. The number of hydrogen-bond acceptors (Lipinski definition) is 1. The first-order valence-electron chi connectivity index (χ1n) is 4.29. The fourth-order valence-electron chi connectivity index (χ4n) is 0.844. The third-order valence-corrected chi connectivity index (χ3v) is 1.90. The van der Waals surface area contributed by atoms with E-state index in [1.807, 2.05) is 13.8 Å². The number of hydrogen-bond donors (Lipinski definition) is 1. The molecule has 1 nitrogen and oxygen atoms in total. The minimum absolute atomic E-state index is 0.255. The fraction of sp³-hybridized carbons (Fsp3) is 0.400. The fourth-order valence-corrected chi connectivity index (χ4v) is 1.14. The molecule has 0 fully saturated rings. The standard InChI is InChI=1S/C8H9ClFN.C2H6/c1-5-2-7(9)6(4-11)3-8(5)10;1-2/h2-3H,4,11H2,1H3;1-2H3. The van der Waals surface area contributed by atoms with Crippen LogP contribution in [0.1, 0.15) is 25.0 Å². The van der Waals surface area contributed by atoms with Crippen LogP contribution in [0.15, 0.2) is 12.1 Å². The largest absolute Gasteiger partial charge is 0.326 e. The summed E-state index contributed by atoms with van der Waals surface area (Å²) in [5, 5.41) is 0.534. The van der Waals surface area contributed by atoms with Gasteiger partial charge >= 0.3 is 0 Å². The molecule has 0 aliphatic carbocycles. The van der Waals surface area contributed by atoms with E-state index >= 15 is 0 Å². The molecule has 13 heavy (non-hydrogen) atoms. The predicted octanol–water partition coefficient (Wildman–Crippen LogP) is 3.27. The van der Waals surface area contributed by atoms with Gasteiger partial charge in [-0.3, -0.25) is 0 Å². The smallest absolute Gasteiger partial charge is 0.126 e. The molecule has 1 aromatic carbocycles. The van der Waals surface area contributed by atoms with Crippen LogP contribution in [0.25, 0.3) is 0 Å². The van der Waals surface area contributed by atoms with E-state index < -0.39 is 0 Å². The van der Waals surface area contributed by atoms with E-state index in [1.165, 1.54) is 6.07 Å². The monoisotopic (exact) mass is 203 g/mol. The highest BCUT2D eigenvalue weighted by Gasteiger charge is 2.03. The van der Waals surface area contributed by atoms with Crippen molar-refractivity contribution >= 4 is 11.6 Å². The molecule has 0 bridgehead atoms. The number of nitrogens with two attached hydrogens (primary N) is 1. The van der Waals surface area contributed by atoms with Gasteiger partial charge in [-0.25, -0.2) is 4.39 Å². The molecule has 2 N–H and O–H groups in total. The van der Waals surface area contributed by atoms with Crippen LogP contribution < -0.4 is 5.73 Å². The lowest BCUT2D eigenvalue weighted by atomic mass is 10.1. The Morgan fingerprint density at radius 3 is 2.38 bits per heavy atom. The molecule has 1 rings (SSSR count). The van der Waals surface area contributed by atoms with Crippen LogP contribution in [0.2, 0.25) is 5.02 Å². The highest BCUT2D eigenvalue weighted by molar-refractivity contribution is 6.31. The molecule has 1 aromatic rings. The molecule has 0 saturated heterocycles. The van der Waals surface area contributed by atoms with Crippen molar-refractivity contribution in [1.82, 2.24) is 0 Å². The Kier molecular flexibility index (Phi) is 5.67. The second-order valence-electron chi connectivity index (χ2n) is 2.40. The minimum atomic E-state index is -0.255. The van der Waals surface area contributed by atoms with Crippen molar-refractivity contribution in [2.45, 2.75) is 27.3 Å².